The minimum Gasteiger partial charge on any atom is -0.507 e. The molecule has 5 rings (SSSR count). The van der Waals surface area contributed by atoms with Crippen LogP contribution in [0.25, 0.3) is 0 Å². The monoisotopic (exact) mass is 728 g/mol. The summed E-state index contributed by atoms with van der Waals surface area (Å²) < 4.78 is 38.9. The number of fused-ring (bicyclic) bond motifs is 3. The number of benzene rings is 2. The second-order valence-corrected chi connectivity index (χ2v) is 12.5. The van der Waals surface area contributed by atoms with Gasteiger partial charge in [0.25, 0.3) is 0 Å². The lowest BCUT2D eigenvalue weighted by atomic mass is 9.72. The SMILES string of the molecule is COc1cccc2c1C(=O)c1c(O)c3c(c(O)c1C2=O)CC(O)(C(C)=O)CC3OC1OC(COC(C)=O)C(OC(C)=O)C(OC(C)=O)C1OC(C)=O. The highest BCUT2D eigenvalue weighted by atomic mass is 16.7. The smallest absolute Gasteiger partial charge is 0.303 e. The Bertz CT molecular complexity index is 1880. The van der Waals surface area contributed by atoms with Crippen LogP contribution in [0.15, 0.2) is 18.2 Å². The van der Waals surface area contributed by atoms with E-state index in [1.54, 1.807) is 0 Å². The highest BCUT2D eigenvalue weighted by molar-refractivity contribution is 6.31. The second kappa shape index (κ2) is 14.3. The molecule has 52 heavy (non-hydrogen) atoms. The molecular weight excluding hydrogens is 692 g/mol. The normalized spacial score (nSPS) is 26.2. The van der Waals surface area contributed by atoms with Crippen molar-refractivity contribution >= 4 is 41.2 Å². The fourth-order valence-electron chi connectivity index (χ4n) is 6.76. The highest BCUT2D eigenvalue weighted by Crippen LogP contribution is 2.52. The third-order valence-electron chi connectivity index (χ3n) is 8.98. The molecule has 278 valence electrons. The number of hydrogen-bond donors (Lipinski definition) is 3. The third-order valence-corrected chi connectivity index (χ3v) is 8.98. The molecule has 2 aromatic rings. The Morgan fingerprint density at radius 3 is 1.98 bits per heavy atom. The number of Topliss-reactive ketones (excluding diaryl/α,β-unsaturated/α-hetero) is 1. The Balaban J connectivity index is 1.69. The number of rotatable bonds is 9. The second-order valence-electron chi connectivity index (χ2n) is 12.5. The van der Waals surface area contributed by atoms with Crippen LogP contribution >= 0.6 is 0 Å². The first-order valence-electron chi connectivity index (χ1n) is 16.0. The van der Waals surface area contributed by atoms with E-state index in [1.165, 1.54) is 25.3 Å². The van der Waals surface area contributed by atoms with Gasteiger partial charge in [-0.3, -0.25) is 33.6 Å². The maximum Gasteiger partial charge on any atom is 0.303 e. The van der Waals surface area contributed by atoms with E-state index >= 15 is 0 Å². The van der Waals surface area contributed by atoms with Crippen LogP contribution in [0.4, 0.5) is 0 Å². The van der Waals surface area contributed by atoms with Crippen molar-refractivity contribution in [3.05, 3.63) is 51.6 Å². The van der Waals surface area contributed by atoms with Gasteiger partial charge in [0.2, 0.25) is 5.78 Å². The van der Waals surface area contributed by atoms with Gasteiger partial charge in [0.15, 0.2) is 36.2 Å². The number of methoxy groups -OCH3 is 1. The largest absolute Gasteiger partial charge is 0.507 e. The van der Waals surface area contributed by atoms with E-state index < -0.39 is 126 Å². The fraction of sp³-hybridized carbons (Fsp3) is 0.457. The molecule has 0 saturated carbocycles. The summed E-state index contributed by atoms with van der Waals surface area (Å²) in [4.78, 5) is 89.3. The number of ether oxygens (including phenoxy) is 7. The third kappa shape index (κ3) is 6.81. The van der Waals surface area contributed by atoms with Gasteiger partial charge in [0.05, 0.1) is 29.9 Å². The van der Waals surface area contributed by atoms with Gasteiger partial charge in [-0.15, -0.1) is 0 Å². The minimum atomic E-state index is -2.29. The fourth-order valence-corrected chi connectivity index (χ4v) is 6.76. The van der Waals surface area contributed by atoms with Gasteiger partial charge in [-0.1, -0.05) is 12.1 Å². The number of carbonyl (C=O) groups is 7. The number of ketones is 3. The van der Waals surface area contributed by atoms with Gasteiger partial charge >= 0.3 is 23.9 Å². The van der Waals surface area contributed by atoms with Crippen LogP contribution in [0.2, 0.25) is 0 Å². The molecule has 3 N–H and O–H groups in total. The van der Waals surface area contributed by atoms with E-state index in [4.69, 9.17) is 33.2 Å². The first-order chi connectivity index (χ1) is 24.4. The van der Waals surface area contributed by atoms with Gasteiger partial charge in [-0.25, -0.2) is 0 Å². The first-order valence-corrected chi connectivity index (χ1v) is 16.0. The highest BCUT2D eigenvalue weighted by Gasteiger charge is 2.55. The number of esters is 4. The number of phenols is 2. The molecule has 17 nitrogen and oxygen atoms in total. The first kappa shape index (κ1) is 37.9. The Labute approximate surface area is 295 Å². The topological polar surface area (TPSA) is 245 Å². The van der Waals surface area contributed by atoms with Crippen molar-refractivity contribution in [1.29, 1.82) is 0 Å². The molecule has 0 bridgehead atoms. The minimum absolute atomic E-state index is 0.00867. The van der Waals surface area contributed by atoms with Crippen LogP contribution in [0.1, 0.15) is 90.1 Å². The van der Waals surface area contributed by atoms with Crippen LogP contribution in [0, 0.1) is 0 Å². The Morgan fingerprint density at radius 1 is 0.808 bits per heavy atom. The summed E-state index contributed by atoms with van der Waals surface area (Å²) in [5.74, 6) is -7.72. The van der Waals surface area contributed by atoms with Crippen molar-refractivity contribution in [2.75, 3.05) is 13.7 Å². The van der Waals surface area contributed by atoms with Gasteiger partial charge < -0.3 is 48.5 Å². The summed E-state index contributed by atoms with van der Waals surface area (Å²) in [5.41, 5.74) is -4.45. The molecule has 1 fully saturated rings. The summed E-state index contributed by atoms with van der Waals surface area (Å²) in [6.45, 7) is 4.59. The van der Waals surface area contributed by atoms with Crippen molar-refractivity contribution in [2.24, 2.45) is 0 Å². The van der Waals surface area contributed by atoms with Gasteiger partial charge in [-0.2, -0.15) is 0 Å². The molecule has 7 atom stereocenters. The Hall–Kier alpha value is -5.39. The maximum absolute atomic E-state index is 14.0. The molecule has 1 heterocycles. The molecule has 2 aliphatic carbocycles. The van der Waals surface area contributed by atoms with Crippen molar-refractivity contribution in [3.8, 4) is 17.2 Å². The molecule has 7 unspecified atom stereocenters. The van der Waals surface area contributed by atoms with Crippen molar-refractivity contribution < 1.29 is 82.0 Å². The number of carbonyl (C=O) groups excluding carboxylic acids is 7. The lowest BCUT2D eigenvalue weighted by Gasteiger charge is -2.46. The average molecular weight is 729 g/mol. The summed E-state index contributed by atoms with van der Waals surface area (Å²) in [6.07, 6.45) is -11.2. The van der Waals surface area contributed by atoms with E-state index in [0.717, 1.165) is 34.6 Å². The zero-order chi connectivity index (χ0) is 38.4. The van der Waals surface area contributed by atoms with Crippen molar-refractivity contribution in [1.82, 2.24) is 0 Å². The predicted octanol–water partition coefficient (Wildman–Crippen LogP) is 1.29. The molecule has 0 radical (unpaired) electrons. The molecular formula is C35H36O17. The van der Waals surface area contributed by atoms with Crippen LogP contribution in [-0.2, 0) is 58.8 Å². The quantitative estimate of drug-likeness (QED) is 0.160. The van der Waals surface area contributed by atoms with Crippen LogP contribution in [0.3, 0.4) is 0 Å². The van der Waals surface area contributed by atoms with E-state index in [-0.39, 0.29) is 28.0 Å². The molecule has 0 amide bonds. The lowest BCUT2D eigenvalue weighted by molar-refractivity contribution is -0.320. The Kier molecular flexibility index (Phi) is 10.4. The molecule has 1 aliphatic heterocycles. The summed E-state index contributed by atoms with van der Waals surface area (Å²) in [7, 11) is 1.27. The molecule has 17 heteroatoms. The molecule has 2 aromatic carbocycles. The van der Waals surface area contributed by atoms with E-state index in [9.17, 15) is 48.9 Å². The number of aromatic hydroxyl groups is 2. The number of hydrogen-bond acceptors (Lipinski definition) is 17. The van der Waals surface area contributed by atoms with Crippen LogP contribution in [-0.4, -0.2) is 107 Å². The van der Waals surface area contributed by atoms with Gasteiger partial charge in [-0.05, 0) is 13.0 Å². The van der Waals surface area contributed by atoms with Crippen LogP contribution in [0.5, 0.6) is 17.2 Å². The van der Waals surface area contributed by atoms with Crippen molar-refractivity contribution in [3.63, 3.8) is 0 Å². The summed E-state index contributed by atoms with van der Waals surface area (Å²) in [6, 6.07) is 4.21. The van der Waals surface area contributed by atoms with Crippen LogP contribution < -0.4 is 4.74 Å². The lowest BCUT2D eigenvalue weighted by Crippen LogP contribution is -2.63. The zero-order valence-electron chi connectivity index (χ0n) is 28.9. The summed E-state index contributed by atoms with van der Waals surface area (Å²) in [5, 5.41) is 35.0. The molecule has 1 saturated heterocycles. The maximum atomic E-state index is 14.0. The summed E-state index contributed by atoms with van der Waals surface area (Å²) >= 11 is 0. The number of aliphatic hydroxyl groups is 1. The predicted molar refractivity (Wildman–Crippen MR) is 169 cm³/mol. The molecule has 0 aromatic heterocycles. The van der Waals surface area contributed by atoms with Gasteiger partial charge in [0, 0.05) is 57.2 Å². The van der Waals surface area contributed by atoms with Crippen molar-refractivity contribution in [2.45, 2.75) is 89.9 Å². The number of phenolic OH excluding ortho intramolecular Hbond substituents is 2. The molecule has 3 aliphatic rings. The standard InChI is InChI=1S/C35H36O17/c1-13(36)35(45)10-19-24(30(44)26-25(28(19)42)27(41)18-8-7-9-20(46-6)23(18)29(26)43)21(11-35)51-34-33(50-17(5)40)32(49-16(4)39)31(48-15(3)38)22(52-34)12-47-14(2)37/h7-9,21-22,31-34,42,44-45H,10-12H2,1-6H3. The van der Waals surface area contributed by atoms with E-state index in [1.807, 2.05) is 0 Å². The zero-order valence-corrected chi connectivity index (χ0v) is 28.9. The van der Waals surface area contributed by atoms with E-state index in [2.05, 4.69) is 0 Å². The molecule has 0 spiro atoms. The Morgan fingerprint density at radius 2 is 1.40 bits per heavy atom. The van der Waals surface area contributed by atoms with Gasteiger partial charge in [0.1, 0.15) is 35.6 Å². The average Bonchev–Trinajstić information content (AvgIpc) is 3.05. The van der Waals surface area contributed by atoms with E-state index in [0.29, 0.717) is 0 Å².